The number of carbonyl (C=O) groups excluding carboxylic acids is 2. The van der Waals surface area contributed by atoms with E-state index in [-0.39, 0.29) is 25.5 Å². The lowest BCUT2D eigenvalue weighted by atomic mass is 10.2. The third-order valence-electron chi connectivity index (χ3n) is 3.29. The first kappa shape index (κ1) is 17.7. The largest absolute Gasteiger partial charge is 0.449 e. The molecule has 1 aromatic rings. The average molecular weight is 388 g/mol. The van der Waals surface area contributed by atoms with Crippen LogP contribution in [0.15, 0.2) is 22.8 Å². The van der Waals surface area contributed by atoms with E-state index in [1.165, 1.54) is 0 Å². The van der Waals surface area contributed by atoms with E-state index in [9.17, 15) is 14.0 Å². The molecule has 0 saturated carbocycles. The summed E-state index contributed by atoms with van der Waals surface area (Å²) in [5, 5.41) is 2.60. The van der Waals surface area contributed by atoms with Crippen LogP contribution in [-0.2, 0) is 9.53 Å². The number of hydrogen-bond acceptors (Lipinski definition) is 4. The zero-order valence-electron chi connectivity index (χ0n) is 13.0. The third kappa shape index (κ3) is 4.89. The van der Waals surface area contributed by atoms with Gasteiger partial charge in [0.1, 0.15) is 22.6 Å². The number of hydrogen-bond donors (Lipinski definition) is 1. The molecule has 0 radical (unpaired) electrons. The first-order chi connectivity index (χ1) is 10.9. The monoisotopic (exact) mass is 387 g/mol. The number of carbonyl (C=O) groups is 2. The molecule has 0 aromatic carbocycles. The zero-order chi connectivity index (χ0) is 17.0. The van der Waals surface area contributed by atoms with Crippen LogP contribution in [-0.4, -0.2) is 47.2 Å². The number of ether oxygens (including phenoxy) is 1. The standard InChI is InChI=1S/C15H19BrFN3O3/c1-9(2)8-23-15(22)20-7-10(17)6-11(20)14(21)19-13-5-3-4-12(16)18-13/h3-5,9-11H,6-8H2,1-2H3,(H,18,19,21). The molecule has 0 aliphatic carbocycles. The number of aromatic nitrogens is 1. The third-order valence-corrected chi connectivity index (χ3v) is 3.74. The Morgan fingerprint density at radius 1 is 1.52 bits per heavy atom. The van der Waals surface area contributed by atoms with Crippen LogP contribution in [0, 0.1) is 5.92 Å². The summed E-state index contributed by atoms with van der Waals surface area (Å²) in [5.74, 6) is 0.0281. The molecule has 8 heteroatoms. The van der Waals surface area contributed by atoms with Gasteiger partial charge in [0.25, 0.3) is 0 Å². The minimum atomic E-state index is -1.24. The molecular weight excluding hydrogens is 369 g/mol. The zero-order valence-corrected chi connectivity index (χ0v) is 14.5. The van der Waals surface area contributed by atoms with Crippen LogP contribution < -0.4 is 5.32 Å². The highest BCUT2D eigenvalue weighted by atomic mass is 79.9. The molecule has 0 spiro atoms. The number of nitrogens with one attached hydrogen (secondary N) is 1. The second kappa shape index (κ2) is 7.72. The van der Waals surface area contributed by atoms with Crippen LogP contribution in [0.1, 0.15) is 20.3 Å². The SMILES string of the molecule is CC(C)COC(=O)N1CC(F)CC1C(=O)Nc1cccc(Br)n1. The van der Waals surface area contributed by atoms with Crippen molar-refractivity contribution in [2.75, 3.05) is 18.5 Å². The fourth-order valence-corrected chi connectivity index (χ4v) is 2.59. The van der Waals surface area contributed by atoms with Crippen LogP contribution in [0.2, 0.25) is 0 Å². The van der Waals surface area contributed by atoms with Crippen LogP contribution in [0.5, 0.6) is 0 Å². The topological polar surface area (TPSA) is 71.5 Å². The summed E-state index contributed by atoms with van der Waals surface area (Å²) in [5.41, 5.74) is 0. The summed E-state index contributed by atoms with van der Waals surface area (Å²) in [6.07, 6.45) is -1.95. The van der Waals surface area contributed by atoms with Crippen LogP contribution in [0.4, 0.5) is 15.0 Å². The molecule has 1 saturated heterocycles. The summed E-state index contributed by atoms with van der Waals surface area (Å²) in [6, 6.07) is 4.16. The molecule has 1 N–H and O–H groups in total. The Balaban J connectivity index is 2.03. The van der Waals surface area contributed by atoms with Crippen molar-refractivity contribution in [3.63, 3.8) is 0 Å². The Hall–Kier alpha value is -1.70. The first-order valence-electron chi connectivity index (χ1n) is 7.37. The van der Waals surface area contributed by atoms with Gasteiger partial charge < -0.3 is 10.1 Å². The van der Waals surface area contributed by atoms with E-state index in [0.717, 1.165) is 4.90 Å². The van der Waals surface area contributed by atoms with Crippen LogP contribution >= 0.6 is 15.9 Å². The number of amides is 2. The van der Waals surface area contributed by atoms with E-state index in [2.05, 4.69) is 26.2 Å². The van der Waals surface area contributed by atoms with Crippen LogP contribution in [0.25, 0.3) is 0 Å². The van der Waals surface area contributed by atoms with Gasteiger partial charge in [0.2, 0.25) is 5.91 Å². The Kier molecular flexibility index (Phi) is 5.92. The molecule has 1 aliphatic heterocycles. The number of likely N-dealkylation sites (tertiary alicyclic amines) is 1. The van der Waals surface area contributed by atoms with E-state index in [1.54, 1.807) is 18.2 Å². The summed E-state index contributed by atoms with van der Waals surface area (Å²) in [7, 11) is 0. The average Bonchev–Trinajstić information content (AvgIpc) is 2.87. The Morgan fingerprint density at radius 2 is 2.26 bits per heavy atom. The van der Waals surface area contributed by atoms with Gasteiger partial charge in [-0.1, -0.05) is 19.9 Å². The van der Waals surface area contributed by atoms with Crippen molar-refractivity contribution in [3.8, 4) is 0 Å². The van der Waals surface area contributed by atoms with Gasteiger partial charge in [-0.05, 0) is 34.0 Å². The number of alkyl halides is 1. The summed E-state index contributed by atoms with van der Waals surface area (Å²) in [4.78, 5) is 29.6. The predicted molar refractivity (Wildman–Crippen MR) is 86.8 cm³/mol. The molecule has 2 heterocycles. The lowest BCUT2D eigenvalue weighted by Crippen LogP contribution is -2.43. The van der Waals surface area contributed by atoms with Crippen molar-refractivity contribution in [2.24, 2.45) is 5.92 Å². The number of halogens is 2. The molecule has 1 fully saturated rings. The van der Waals surface area contributed by atoms with E-state index < -0.39 is 24.2 Å². The first-order valence-corrected chi connectivity index (χ1v) is 8.17. The summed E-state index contributed by atoms with van der Waals surface area (Å²) in [6.45, 7) is 3.89. The fraction of sp³-hybridized carbons (Fsp3) is 0.533. The minimum absolute atomic E-state index is 0.0450. The second-order valence-corrected chi connectivity index (χ2v) is 6.62. The van der Waals surface area contributed by atoms with Gasteiger partial charge in [0.15, 0.2) is 0 Å². The van der Waals surface area contributed by atoms with Crippen LogP contribution in [0.3, 0.4) is 0 Å². The normalized spacial score (nSPS) is 20.7. The number of nitrogens with zero attached hydrogens (tertiary/aromatic N) is 2. The van der Waals surface area contributed by atoms with Crippen molar-refractivity contribution in [1.82, 2.24) is 9.88 Å². The molecule has 2 atom stereocenters. The van der Waals surface area contributed by atoms with E-state index in [1.807, 2.05) is 13.8 Å². The molecule has 1 aromatic heterocycles. The number of pyridine rings is 1. The van der Waals surface area contributed by atoms with Gasteiger partial charge in [0.05, 0.1) is 13.2 Å². The number of anilines is 1. The lowest BCUT2D eigenvalue weighted by Gasteiger charge is -2.23. The maximum Gasteiger partial charge on any atom is 0.410 e. The Labute approximate surface area is 142 Å². The molecule has 0 bridgehead atoms. The molecule has 2 unspecified atom stereocenters. The Morgan fingerprint density at radius 3 is 2.91 bits per heavy atom. The molecule has 126 valence electrons. The minimum Gasteiger partial charge on any atom is -0.449 e. The second-order valence-electron chi connectivity index (χ2n) is 5.81. The molecule has 1 aliphatic rings. The highest BCUT2D eigenvalue weighted by Gasteiger charge is 2.40. The van der Waals surface area contributed by atoms with Crippen molar-refractivity contribution in [2.45, 2.75) is 32.5 Å². The van der Waals surface area contributed by atoms with E-state index >= 15 is 0 Å². The van der Waals surface area contributed by atoms with Crippen molar-refractivity contribution in [3.05, 3.63) is 22.8 Å². The van der Waals surface area contributed by atoms with Gasteiger partial charge in [-0.25, -0.2) is 14.2 Å². The van der Waals surface area contributed by atoms with Gasteiger partial charge >= 0.3 is 6.09 Å². The summed E-state index contributed by atoms with van der Waals surface area (Å²) >= 11 is 3.21. The smallest absolute Gasteiger partial charge is 0.410 e. The quantitative estimate of drug-likeness (QED) is 0.806. The van der Waals surface area contributed by atoms with Crippen molar-refractivity contribution >= 4 is 33.7 Å². The Bertz CT molecular complexity index is 585. The molecular formula is C15H19BrFN3O3. The highest BCUT2D eigenvalue weighted by Crippen LogP contribution is 2.23. The van der Waals surface area contributed by atoms with Crippen molar-refractivity contribution in [1.29, 1.82) is 0 Å². The number of rotatable bonds is 4. The van der Waals surface area contributed by atoms with Gasteiger partial charge in [-0.2, -0.15) is 0 Å². The van der Waals surface area contributed by atoms with E-state index in [4.69, 9.17) is 4.74 Å². The molecule has 23 heavy (non-hydrogen) atoms. The lowest BCUT2D eigenvalue weighted by molar-refractivity contribution is -0.120. The fourth-order valence-electron chi connectivity index (χ4n) is 2.24. The maximum absolute atomic E-state index is 13.7. The maximum atomic E-state index is 13.7. The summed E-state index contributed by atoms with van der Waals surface area (Å²) < 4.78 is 19.4. The molecule has 6 nitrogen and oxygen atoms in total. The molecule has 2 amide bonds. The molecule has 2 rings (SSSR count). The van der Waals surface area contributed by atoms with Gasteiger partial charge in [-0.3, -0.25) is 9.69 Å². The van der Waals surface area contributed by atoms with Gasteiger partial charge in [0, 0.05) is 6.42 Å². The predicted octanol–water partition coefficient (Wildman–Crippen LogP) is 2.99. The van der Waals surface area contributed by atoms with Gasteiger partial charge in [-0.15, -0.1) is 0 Å². The van der Waals surface area contributed by atoms with Crippen molar-refractivity contribution < 1.29 is 18.7 Å². The highest BCUT2D eigenvalue weighted by molar-refractivity contribution is 9.10. The van der Waals surface area contributed by atoms with E-state index in [0.29, 0.717) is 10.4 Å².